The molecule has 0 saturated carbocycles. The maximum atomic E-state index is 13.8. The number of benzene rings is 3. The van der Waals surface area contributed by atoms with Gasteiger partial charge in [-0.25, -0.2) is 9.29 Å². The number of anilines is 1. The van der Waals surface area contributed by atoms with E-state index in [1.807, 2.05) is 72.5 Å². The minimum atomic E-state index is -0.501. The number of likely N-dealkylation sites (N-methyl/N-ethyl adjacent to an activating group) is 1. The molecule has 0 aromatic heterocycles. The van der Waals surface area contributed by atoms with E-state index in [1.54, 1.807) is 6.07 Å². The molecule has 0 bridgehead atoms. The van der Waals surface area contributed by atoms with Crippen LogP contribution in [0.25, 0.3) is 5.57 Å². The van der Waals surface area contributed by atoms with Gasteiger partial charge in [0.15, 0.2) is 0 Å². The van der Waals surface area contributed by atoms with Crippen LogP contribution in [0, 0.1) is 5.82 Å². The first-order valence-electron chi connectivity index (χ1n) is 9.83. The van der Waals surface area contributed by atoms with Gasteiger partial charge in [0, 0.05) is 13.1 Å². The smallest absolute Gasteiger partial charge is 0.282 e. The molecule has 30 heavy (non-hydrogen) atoms. The van der Waals surface area contributed by atoms with Gasteiger partial charge in [0.05, 0.1) is 11.3 Å². The third-order valence-electron chi connectivity index (χ3n) is 5.10. The lowest BCUT2D eigenvalue weighted by Crippen LogP contribution is -2.35. The van der Waals surface area contributed by atoms with Crippen LogP contribution in [0.5, 0.6) is 0 Å². The van der Waals surface area contributed by atoms with Crippen LogP contribution in [0.2, 0.25) is 0 Å². The first-order valence-corrected chi connectivity index (χ1v) is 9.83. The molecule has 3 aromatic carbocycles. The molecule has 1 aliphatic heterocycles. The van der Waals surface area contributed by atoms with Crippen molar-refractivity contribution in [3.05, 3.63) is 108 Å². The summed E-state index contributed by atoms with van der Waals surface area (Å²) in [5.41, 5.74) is 2.59. The van der Waals surface area contributed by atoms with Gasteiger partial charge in [-0.1, -0.05) is 66.7 Å². The van der Waals surface area contributed by atoms with Crippen LogP contribution in [-0.2, 0) is 16.1 Å². The summed E-state index contributed by atoms with van der Waals surface area (Å²) < 4.78 is 13.8. The van der Waals surface area contributed by atoms with Gasteiger partial charge in [0.1, 0.15) is 11.5 Å². The van der Waals surface area contributed by atoms with Gasteiger partial charge >= 0.3 is 0 Å². The lowest BCUT2D eigenvalue weighted by molar-refractivity contribution is -0.120. The summed E-state index contributed by atoms with van der Waals surface area (Å²) in [5, 5.41) is 0. The standard InChI is InChI=1S/C25H21FN2O2/c1-2-27(17-18-10-5-3-6-11-18)23-22(19-12-7-4-8-13-19)24(29)28(25(23)30)21-15-9-14-20(26)16-21/h3-16H,2,17H2,1H3. The second-order valence-corrected chi connectivity index (χ2v) is 7.01. The van der Waals surface area contributed by atoms with Gasteiger partial charge in [-0.15, -0.1) is 0 Å². The van der Waals surface area contributed by atoms with Gasteiger partial charge in [-0.05, 0) is 36.2 Å². The van der Waals surface area contributed by atoms with Gasteiger partial charge < -0.3 is 4.90 Å². The number of carbonyl (C=O) groups excluding carboxylic acids is 2. The summed E-state index contributed by atoms with van der Waals surface area (Å²) in [6, 6.07) is 24.5. The van der Waals surface area contributed by atoms with Gasteiger partial charge in [-0.3, -0.25) is 9.59 Å². The molecule has 0 aliphatic carbocycles. The molecule has 0 unspecified atom stereocenters. The molecule has 0 atom stereocenters. The molecule has 150 valence electrons. The zero-order valence-corrected chi connectivity index (χ0v) is 16.6. The fraction of sp³-hybridized carbons (Fsp3) is 0.120. The molecule has 4 nitrogen and oxygen atoms in total. The number of rotatable bonds is 6. The highest BCUT2D eigenvalue weighted by atomic mass is 19.1. The quantitative estimate of drug-likeness (QED) is 0.567. The average Bonchev–Trinajstić information content (AvgIpc) is 3.03. The highest BCUT2D eigenvalue weighted by Gasteiger charge is 2.42. The minimum Gasteiger partial charge on any atom is -0.362 e. The largest absolute Gasteiger partial charge is 0.362 e. The van der Waals surface area contributed by atoms with Crippen LogP contribution >= 0.6 is 0 Å². The first kappa shape index (κ1) is 19.6. The Balaban J connectivity index is 1.82. The van der Waals surface area contributed by atoms with Crippen LogP contribution in [-0.4, -0.2) is 23.3 Å². The molecule has 1 heterocycles. The maximum Gasteiger partial charge on any atom is 0.282 e. The molecule has 1 aliphatic rings. The summed E-state index contributed by atoms with van der Waals surface area (Å²) in [6.45, 7) is 2.97. The van der Waals surface area contributed by atoms with Crippen molar-refractivity contribution in [2.45, 2.75) is 13.5 Å². The number of halogens is 1. The third kappa shape index (κ3) is 3.62. The van der Waals surface area contributed by atoms with Crippen LogP contribution in [0.1, 0.15) is 18.1 Å². The fourth-order valence-corrected chi connectivity index (χ4v) is 3.68. The number of hydrogen-bond acceptors (Lipinski definition) is 3. The Morgan fingerprint density at radius 1 is 0.833 bits per heavy atom. The molecule has 3 aromatic rings. The molecule has 2 amide bonds. The van der Waals surface area contributed by atoms with Gasteiger partial charge in [0.25, 0.3) is 11.8 Å². The predicted octanol–water partition coefficient (Wildman–Crippen LogP) is 4.63. The second-order valence-electron chi connectivity index (χ2n) is 7.01. The van der Waals surface area contributed by atoms with Gasteiger partial charge in [-0.2, -0.15) is 0 Å². The Morgan fingerprint density at radius 3 is 2.13 bits per heavy atom. The van der Waals surface area contributed by atoms with Crippen molar-refractivity contribution >= 4 is 23.1 Å². The molecule has 0 radical (unpaired) electrons. The van der Waals surface area contributed by atoms with Crippen molar-refractivity contribution < 1.29 is 14.0 Å². The SMILES string of the molecule is CCN(Cc1ccccc1)C1=C(c2ccccc2)C(=O)N(c2cccc(F)c2)C1=O. The second kappa shape index (κ2) is 8.33. The zero-order valence-electron chi connectivity index (χ0n) is 16.6. The highest BCUT2D eigenvalue weighted by Crippen LogP contribution is 2.35. The lowest BCUT2D eigenvalue weighted by Gasteiger charge is -2.25. The number of nitrogens with zero attached hydrogens (tertiary/aromatic N) is 2. The van der Waals surface area contributed by atoms with E-state index in [2.05, 4.69) is 0 Å². The Kier molecular flexibility index (Phi) is 5.44. The molecule has 5 heteroatoms. The van der Waals surface area contributed by atoms with Crippen molar-refractivity contribution in [3.8, 4) is 0 Å². The Morgan fingerprint density at radius 2 is 1.50 bits per heavy atom. The molecule has 0 spiro atoms. The van der Waals surface area contributed by atoms with Crippen molar-refractivity contribution in [1.29, 1.82) is 0 Å². The van der Waals surface area contributed by atoms with Crippen LogP contribution in [0.15, 0.2) is 90.6 Å². The van der Waals surface area contributed by atoms with Crippen molar-refractivity contribution in [3.63, 3.8) is 0 Å². The molecular weight excluding hydrogens is 379 g/mol. The summed E-state index contributed by atoms with van der Waals surface area (Å²) in [6.07, 6.45) is 0. The number of imide groups is 1. The number of amides is 2. The van der Waals surface area contributed by atoms with Crippen molar-refractivity contribution in [2.24, 2.45) is 0 Å². The van der Waals surface area contributed by atoms with E-state index < -0.39 is 17.6 Å². The third-order valence-corrected chi connectivity index (χ3v) is 5.10. The summed E-state index contributed by atoms with van der Waals surface area (Å²) in [5.74, 6) is -1.39. The average molecular weight is 400 g/mol. The van der Waals surface area contributed by atoms with E-state index in [4.69, 9.17) is 0 Å². The number of carbonyl (C=O) groups is 2. The molecular formula is C25H21FN2O2. The fourth-order valence-electron chi connectivity index (χ4n) is 3.68. The normalized spacial score (nSPS) is 13.9. The van der Waals surface area contributed by atoms with Crippen LogP contribution in [0.4, 0.5) is 10.1 Å². The minimum absolute atomic E-state index is 0.226. The first-order chi connectivity index (χ1) is 14.6. The van der Waals surface area contributed by atoms with E-state index in [9.17, 15) is 14.0 Å². The van der Waals surface area contributed by atoms with E-state index in [0.29, 0.717) is 29.9 Å². The molecule has 4 rings (SSSR count). The van der Waals surface area contributed by atoms with E-state index in [1.165, 1.54) is 18.2 Å². The van der Waals surface area contributed by atoms with Crippen molar-refractivity contribution in [2.75, 3.05) is 11.4 Å². The van der Waals surface area contributed by atoms with Crippen LogP contribution < -0.4 is 4.90 Å². The molecule has 0 fully saturated rings. The molecule has 0 saturated heterocycles. The molecule has 0 N–H and O–H groups in total. The van der Waals surface area contributed by atoms with Crippen LogP contribution in [0.3, 0.4) is 0 Å². The maximum absolute atomic E-state index is 13.8. The predicted molar refractivity (Wildman–Crippen MR) is 115 cm³/mol. The number of hydrogen-bond donors (Lipinski definition) is 0. The van der Waals surface area contributed by atoms with Gasteiger partial charge in [0.2, 0.25) is 0 Å². The highest BCUT2D eigenvalue weighted by molar-refractivity contribution is 6.45. The summed E-state index contributed by atoms with van der Waals surface area (Å²) >= 11 is 0. The van der Waals surface area contributed by atoms with E-state index in [0.717, 1.165) is 10.5 Å². The van der Waals surface area contributed by atoms with Crippen molar-refractivity contribution in [1.82, 2.24) is 4.90 Å². The topological polar surface area (TPSA) is 40.6 Å². The Labute approximate surface area is 174 Å². The Hall–Kier alpha value is -3.73. The van der Waals surface area contributed by atoms with E-state index >= 15 is 0 Å². The van der Waals surface area contributed by atoms with E-state index in [-0.39, 0.29) is 5.69 Å². The summed E-state index contributed by atoms with van der Waals surface area (Å²) in [7, 11) is 0. The Bertz CT molecular complexity index is 1110. The summed E-state index contributed by atoms with van der Waals surface area (Å²) in [4.78, 5) is 29.9. The zero-order chi connectivity index (χ0) is 21.1. The lowest BCUT2D eigenvalue weighted by atomic mass is 10.0. The monoisotopic (exact) mass is 400 g/mol.